The Morgan fingerprint density at radius 2 is 1.93 bits per heavy atom. The summed E-state index contributed by atoms with van der Waals surface area (Å²) in [6.07, 6.45) is 7.85. The number of nitrogens with one attached hydrogen (secondary N) is 2. The molecule has 7 nitrogen and oxygen atoms in total. The summed E-state index contributed by atoms with van der Waals surface area (Å²) < 4.78 is 2.11. The van der Waals surface area contributed by atoms with E-state index in [-0.39, 0.29) is 24.0 Å². The Morgan fingerprint density at radius 1 is 1.25 bits per heavy atom. The first-order valence-electron chi connectivity index (χ1n) is 10.7. The summed E-state index contributed by atoms with van der Waals surface area (Å²) in [6, 6.07) is 1.64. The first-order valence-corrected chi connectivity index (χ1v) is 10.7. The second-order valence-electron chi connectivity index (χ2n) is 8.00. The Labute approximate surface area is 188 Å². The minimum atomic E-state index is 0. The van der Waals surface area contributed by atoms with E-state index in [9.17, 15) is 0 Å². The third kappa shape index (κ3) is 8.23. The second-order valence-corrected chi connectivity index (χ2v) is 8.00. The molecule has 1 aromatic rings. The summed E-state index contributed by atoms with van der Waals surface area (Å²) in [5, 5.41) is 15.3. The molecule has 0 radical (unpaired) electrons. The number of hydrogen-bond donors (Lipinski definition) is 2. The van der Waals surface area contributed by atoms with Crippen molar-refractivity contribution in [3.8, 4) is 0 Å². The zero-order valence-corrected chi connectivity index (χ0v) is 20.6. The van der Waals surface area contributed by atoms with Gasteiger partial charge in [0, 0.05) is 44.2 Å². The van der Waals surface area contributed by atoms with Crippen LogP contribution in [0.4, 0.5) is 0 Å². The van der Waals surface area contributed by atoms with Crippen LogP contribution < -0.4 is 10.6 Å². The monoisotopic (exact) mass is 505 g/mol. The van der Waals surface area contributed by atoms with Crippen LogP contribution in [0.3, 0.4) is 0 Å². The molecule has 0 bridgehead atoms. The normalized spacial score (nSPS) is 15.5. The van der Waals surface area contributed by atoms with Crippen LogP contribution in [0, 0.1) is 0 Å². The van der Waals surface area contributed by atoms with Gasteiger partial charge in [-0.25, -0.2) is 0 Å². The molecular formula is C20H40IN7. The second kappa shape index (κ2) is 13.3. The van der Waals surface area contributed by atoms with Gasteiger partial charge in [-0.2, -0.15) is 0 Å². The van der Waals surface area contributed by atoms with Gasteiger partial charge in [0.05, 0.1) is 6.54 Å². The Morgan fingerprint density at radius 3 is 2.54 bits per heavy atom. The zero-order valence-electron chi connectivity index (χ0n) is 18.3. The number of guanidine groups is 1. The lowest BCUT2D eigenvalue weighted by molar-refractivity contribution is 0.181. The third-order valence-electron chi connectivity index (χ3n) is 5.31. The molecule has 1 aliphatic rings. The molecule has 1 aliphatic carbocycles. The molecule has 8 heteroatoms. The summed E-state index contributed by atoms with van der Waals surface area (Å²) >= 11 is 0. The van der Waals surface area contributed by atoms with Crippen molar-refractivity contribution in [2.45, 2.75) is 91.4 Å². The molecule has 1 saturated carbocycles. The van der Waals surface area contributed by atoms with Crippen LogP contribution in [0.5, 0.6) is 0 Å². The van der Waals surface area contributed by atoms with Crippen LogP contribution in [0.25, 0.3) is 0 Å². The molecule has 162 valence electrons. The predicted octanol–water partition coefficient (Wildman–Crippen LogP) is 3.06. The van der Waals surface area contributed by atoms with Crippen LogP contribution >= 0.6 is 24.0 Å². The quantitative estimate of drug-likeness (QED) is 0.291. The molecule has 0 amide bonds. The van der Waals surface area contributed by atoms with E-state index >= 15 is 0 Å². The van der Waals surface area contributed by atoms with Crippen molar-refractivity contribution < 1.29 is 0 Å². The highest BCUT2D eigenvalue weighted by Crippen LogP contribution is 2.17. The van der Waals surface area contributed by atoms with Crippen LogP contribution in [-0.4, -0.2) is 63.4 Å². The summed E-state index contributed by atoms with van der Waals surface area (Å²) in [7, 11) is 0. The van der Waals surface area contributed by atoms with Crippen molar-refractivity contribution in [1.82, 2.24) is 30.3 Å². The van der Waals surface area contributed by atoms with Gasteiger partial charge in [-0.3, -0.25) is 9.89 Å². The lowest BCUT2D eigenvalue weighted by atomic mass is 10.2. The van der Waals surface area contributed by atoms with Gasteiger partial charge in [-0.05, 0) is 40.5 Å². The highest BCUT2D eigenvalue weighted by atomic mass is 127. The first kappa shape index (κ1) is 25.1. The molecule has 0 atom stereocenters. The van der Waals surface area contributed by atoms with Gasteiger partial charge in [-0.15, -0.1) is 34.2 Å². The molecule has 0 aliphatic heterocycles. The predicted molar refractivity (Wildman–Crippen MR) is 127 cm³/mol. The van der Waals surface area contributed by atoms with Gasteiger partial charge in [0.2, 0.25) is 0 Å². The number of aryl methyl sites for hydroxylation is 1. The maximum Gasteiger partial charge on any atom is 0.191 e. The summed E-state index contributed by atoms with van der Waals surface area (Å²) in [6.45, 7) is 14.6. The smallest absolute Gasteiger partial charge is 0.191 e. The van der Waals surface area contributed by atoms with E-state index in [1.165, 1.54) is 25.7 Å². The van der Waals surface area contributed by atoms with Crippen LogP contribution in [0.1, 0.15) is 66.1 Å². The van der Waals surface area contributed by atoms with E-state index in [1.54, 1.807) is 0 Å². The number of halogens is 1. The lowest BCUT2D eigenvalue weighted by Crippen LogP contribution is -2.44. The average Bonchev–Trinajstić information content (AvgIpc) is 3.29. The standard InChI is InChI=1S/C20H39N7.HI/c1-6-19-25-23-15-26(19)13-11-21-20(24-18-9-7-8-10-18)22-12-14-27(16(2)3)17(4)5;/h15-18H,6-14H2,1-5H3,(H2,21,22,24);1H. The maximum atomic E-state index is 4.87. The maximum absolute atomic E-state index is 4.87. The van der Waals surface area contributed by atoms with E-state index in [1.807, 2.05) is 6.33 Å². The Kier molecular flexibility index (Phi) is 12.0. The van der Waals surface area contributed by atoms with E-state index in [0.29, 0.717) is 18.1 Å². The molecule has 28 heavy (non-hydrogen) atoms. The van der Waals surface area contributed by atoms with Crippen molar-refractivity contribution in [3.05, 3.63) is 12.2 Å². The number of nitrogens with zero attached hydrogens (tertiary/aromatic N) is 5. The fourth-order valence-corrected chi connectivity index (χ4v) is 3.84. The minimum Gasteiger partial charge on any atom is -0.355 e. The number of rotatable bonds is 10. The molecule has 0 aromatic carbocycles. The number of hydrogen-bond acceptors (Lipinski definition) is 4. The average molecular weight is 505 g/mol. The van der Waals surface area contributed by atoms with E-state index in [0.717, 1.165) is 44.4 Å². The van der Waals surface area contributed by atoms with Gasteiger partial charge in [0.1, 0.15) is 12.2 Å². The molecule has 1 fully saturated rings. The number of aromatic nitrogens is 3. The largest absolute Gasteiger partial charge is 0.355 e. The SMILES string of the molecule is CCc1nncn1CCNC(=NCCN(C(C)C)C(C)C)NC1CCCC1.I. The van der Waals surface area contributed by atoms with E-state index < -0.39 is 0 Å². The van der Waals surface area contributed by atoms with E-state index in [4.69, 9.17) is 4.99 Å². The fourth-order valence-electron chi connectivity index (χ4n) is 3.84. The number of aliphatic imine (C=N–C) groups is 1. The van der Waals surface area contributed by atoms with Gasteiger partial charge in [0.15, 0.2) is 5.96 Å². The van der Waals surface area contributed by atoms with Crippen molar-refractivity contribution in [2.24, 2.45) is 4.99 Å². The van der Waals surface area contributed by atoms with Crippen molar-refractivity contribution in [2.75, 3.05) is 19.6 Å². The summed E-state index contributed by atoms with van der Waals surface area (Å²) in [4.78, 5) is 7.35. The van der Waals surface area contributed by atoms with Crippen molar-refractivity contribution in [1.29, 1.82) is 0 Å². The summed E-state index contributed by atoms with van der Waals surface area (Å²) in [5.74, 6) is 1.98. The topological polar surface area (TPSA) is 70.4 Å². The first-order chi connectivity index (χ1) is 13.0. The molecule has 1 heterocycles. The van der Waals surface area contributed by atoms with Crippen LogP contribution in [0.15, 0.2) is 11.3 Å². The van der Waals surface area contributed by atoms with Crippen LogP contribution in [-0.2, 0) is 13.0 Å². The van der Waals surface area contributed by atoms with Gasteiger partial charge >= 0.3 is 0 Å². The summed E-state index contributed by atoms with van der Waals surface area (Å²) in [5.41, 5.74) is 0. The van der Waals surface area contributed by atoms with Crippen molar-refractivity contribution >= 4 is 29.9 Å². The highest BCUT2D eigenvalue weighted by Gasteiger charge is 2.17. The fraction of sp³-hybridized carbons (Fsp3) is 0.850. The Balaban J connectivity index is 0.00000392. The van der Waals surface area contributed by atoms with E-state index in [2.05, 4.69) is 64.9 Å². The van der Waals surface area contributed by atoms with Gasteiger partial charge in [0.25, 0.3) is 0 Å². The third-order valence-corrected chi connectivity index (χ3v) is 5.31. The molecule has 0 unspecified atom stereocenters. The molecule has 2 rings (SSSR count). The van der Waals surface area contributed by atoms with Crippen molar-refractivity contribution in [3.63, 3.8) is 0 Å². The zero-order chi connectivity index (χ0) is 19.6. The Bertz CT molecular complexity index is 557. The minimum absolute atomic E-state index is 0. The molecular weight excluding hydrogens is 465 g/mol. The van der Waals surface area contributed by atoms with Crippen LogP contribution in [0.2, 0.25) is 0 Å². The Hall–Kier alpha value is -0.900. The van der Waals surface area contributed by atoms with Gasteiger partial charge < -0.3 is 15.2 Å². The lowest BCUT2D eigenvalue weighted by Gasteiger charge is -2.30. The molecule has 0 saturated heterocycles. The van der Waals surface area contributed by atoms with Gasteiger partial charge in [-0.1, -0.05) is 19.8 Å². The highest BCUT2D eigenvalue weighted by molar-refractivity contribution is 14.0. The molecule has 0 spiro atoms. The molecule has 2 N–H and O–H groups in total. The molecule has 1 aromatic heterocycles.